The molecule has 2 atom stereocenters. The molecule has 6 heteroatoms. The van der Waals surface area contributed by atoms with Crippen LogP contribution in [0.1, 0.15) is 49.4 Å². The fourth-order valence-corrected chi connectivity index (χ4v) is 4.73. The van der Waals surface area contributed by atoms with Crippen LogP contribution in [0, 0.1) is 0 Å². The first kappa shape index (κ1) is 15.7. The van der Waals surface area contributed by atoms with E-state index in [-0.39, 0.29) is 17.2 Å². The van der Waals surface area contributed by atoms with Gasteiger partial charge in [0, 0.05) is 17.9 Å². The smallest absolute Gasteiger partial charge is 0.234 e. The summed E-state index contributed by atoms with van der Waals surface area (Å²) in [7, 11) is 0. The van der Waals surface area contributed by atoms with E-state index in [1.807, 2.05) is 19.1 Å². The second-order valence-corrected chi connectivity index (χ2v) is 7.83. The van der Waals surface area contributed by atoms with Crippen molar-refractivity contribution in [2.75, 3.05) is 0 Å². The molecular weight excluding hydrogens is 320 g/mol. The van der Waals surface area contributed by atoms with E-state index >= 15 is 0 Å². The zero-order valence-corrected chi connectivity index (χ0v) is 14.7. The quantitative estimate of drug-likeness (QED) is 0.932. The molecule has 2 aliphatic rings. The molecule has 1 N–H and O–H groups in total. The van der Waals surface area contributed by atoms with Gasteiger partial charge in [0.25, 0.3) is 0 Å². The summed E-state index contributed by atoms with van der Waals surface area (Å²) < 4.78 is 2.20. The molecule has 126 valence electrons. The fraction of sp³-hybridized carbons (Fsp3) is 0.500. The first-order valence-electron chi connectivity index (χ1n) is 8.69. The van der Waals surface area contributed by atoms with Gasteiger partial charge in [-0.1, -0.05) is 24.6 Å². The van der Waals surface area contributed by atoms with E-state index < -0.39 is 0 Å². The molecular formula is C18H22N4OS. The van der Waals surface area contributed by atoms with E-state index in [0.717, 1.165) is 37.5 Å². The normalized spacial score (nSPS) is 20.8. The number of fused-ring (bicyclic) bond motifs is 2. The Morgan fingerprint density at radius 3 is 3.04 bits per heavy atom. The topological polar surface area (TPSA) is 59.8 Å². The van der Waals surface area contributed by atoms with Gasteiger partial charge in [-0.3, -0.25) is 4.79 Å². The van der Waals surface area contributed by atoms with E-state index in [9.17, 15) is 4.79 Å². The maximum absolute atomic E-state index is 12.7. The van der Waals surface area contributed by atoms with Crippen molar-refractivity contribution < 1.29 is 4.79 Å². The van der Waals surface area contributed by atoms with Crippen molar-refractivity contribution in [3.05, 3.63) is 41.5 Å². The van der Waals surface area contributed by atoms with E-state index in [4.69, 9.17) is 0 Å². The number of benzene rings is 1. The van der Waals surface area contributed by atoms with Crippen LogP contribution in [0.5, 0.6) is 0 Å². The van der Waals surface area contributed by atoms with E-state index in [1.165, 1.54) is 23.3 Å². The molecule has 0 spiro atoms. The summed E-state index contributed by atoms with van der Waals surface area (Å²) in [5, 5.41) is 11.8. The molecule has 3 heterocycles. The Hall–Kier alpha value is -1.82. The van der Waals surface area contributed by atoms with E-state index in [0.29, 0.717) is 0 Å². The molecule has 0 radical (unpaired) electrons. The molecule has 1 aromatic carbocycles. The fourth-order valence-electron chi connectivity index (χ4n) is 3.53. The van der Waals surface area contributed by atoms with Crippen LogP contribution in [-0.4, -0.2) is 25.9 Å². The molecule has 4 rings (SSSR count). The number of rotatable bonds is 3. The van der Waals surface area contributed by atoms with Crippen molar-refractivity contribution >= 4 is 17.7 Å². The highest BCUT2D eigenvalue weighted by Gasteiger charge is 2.30. The van der Waals surface area contributed by atoms with Gasteiger partial charge in [0.1, 0.15) is 5.82 Å². The Bertz CT molecular complexity index is 732. The van der Waals surface area contributed by atoms with Crippen LogP contribution in [0.15, 0.2) is 29.2 Å². The second kappa shape index (κ2) is 6.59. The zero-order chi connectivity index (χ0) is 16.5. The Morgan fingerprint density at radius 2 is 2.17 bits per heavy atom. The van der Waals surface area contributed by atoms with Crippen molar-refractivity contribution in [3.63, 3.8) is 0 Å². The van der Waals surface area contributed by atoms with Gasteiger partial charge < -0.3 is 9.88 Å². The van der Waals surface area contributed by atoms with Crippen LogP contribution in [0.25, 0.3) is 0 Å². The van der Waals surface area contributed by atoms with Crippen molar-refractivity contribution in [2.24, 2.45) is 0 Å². The minimum absolute atomic E-state index is 0.0450. The summed E-state index contributed by atoms with van der Waals surface area (Å²) in [5.41, 5.74) is 1.27. The number of amides is 1. The second-order valence-electron chi connectivity index (χ2n) is 6.59. The highest BCUT2D eigenvalue weighted by Crippen LogP contribution is 2.37. The van der Waals surface area contributed by atoms with E-state index in [1.54, 1.807) is 11.8 Å². The first-order valence-corrected chi connectivity index (χ1v) is 9.57. The van der Waals surface area contributed by atoms with Gasteiger partial charge in [-0.15, -0.1) is 22.0 Å². The molecule has 24 heavy (non-hydrogen) atoms. The molecule has 0 unspecified atom stereocenters. The standard InChI is InChI=1S/C18H22N4OS/c1-12(17-21-20-16-9-3-2-6-10-22(16)17)19-18(23)15-11-13-7-4-5-8-14(13)24-15/h4-5,7-8,12,15H,2-3,6,9-11H2,1H3,(H,19,23)/t12-,15-/m1/s1. The lowest BCUT2D eigenvalue weighted by atomic mass is 10.1. The maximum Gasteiger partial charge on any atom is 0.234 e. The largest absolute Gasteiger partial charge is 0.345 e. The predicted molar refractivity (Wildman–Crippen MR) is 93.9 cm³/mol. The van der Waals surface area contributed by atoms with Gasteiger partial charge in [0.05, 0.1) is 11.3 Å². The predicted octanol–water partition coefficient (Wildman–Crippen LogP) is 2.90. The summed E-state index contributed by atoms with van der Waals surface area (Å²) in [6.45, 7) is 2.97. The highest BCUT2D eigenvalue weighted by atomic mass is 32.2. The van der Waals surface area contributed by atoms with Crippen molar-refractivity contribution in [1.29, 1.82) is 0 Å². The number of hydrogen-bond donors (Lipinski definition) is 1. The number of thioether (sulfide) groups is 1. The molecule has 1 aromatic heterocycles. The number of hydrogen-bond acceptors (Lipinski definition) is 4. The van der Waals surface area contributed by atoms with Gasteiger partial charge in [-0.05, 0) is 37.8 Å². The highest BCUT2D eigenvalue weighted by molar-refractivity contribution is 8.01. The van der Waals surface area contributed by atoms with Crippen molar-refractivity contribution in [1.82, 2.24) is 20.1 Å². The monoisotopic (exact) mass is 342 g/mol. The van der Waals surface area contributed by atoms with E-state index in [2.05, 4.69) is 32.2 Å². The minimum Gasteiger partial charge on any atom is -0.345 e. The number of nitrogens with one attached hydrogen (secondary N) is 1. The Kier molecular flexibility index (Phi) is 4.31. The average Bonchev–Trinajstić information content (AvgIpc) is 3.12. The third-order valence-electron chi connectivity index (χ3n) is 4.82. The summed E-state index contributed by atoms with van der Waals surface area (Å²) in [4.78, 5) is 13.9. The summed E-state index contributed by atoms with van der Waals surface area (Å²) in [5.74, 6) is 2.04. The van der Waals surface area contributed by atoms with Gasteiger partial charge in [0.2, 0.25) is 5.91 Å². The Balaban J connectivity index is 1.44. The maximum atomic E-state index is 12.7. The third-order valence-corrected chi connectivity index (χ3v) is 6.14. The van der Waals surface area contributed by atoms with Crippen LogP contribution in [-0.2, 0) is 24.2 Å². The summed E-state index contributed by atoms with van der Waals surface area (Å²) in [6.07, 6.45) is 5.36. The first-order chi connectivity index (χ1) is 11.7. The molecule has 2 aromatic rings. The third kappa shape index (κ3) is 2.95. The zero-order valence-electron chi connectivity index (χ0n) is 13.9. The number of carbonyl (C=O) groups is 1. The lowest BCUT2D eigenvalue weighted by Gasteiger charge is -2.17. The van der Waals surface area contributed by atoms with Crippen LogP contribution >= 0.6 is 11.8 Å². The van der Waals surface area contributed by atoms with Gasteiger partial charge >= 0.3 is 0 Å². The van der Waals surface area contributed by atoms with Gasteiger partial charge in [0.15, 0.2) is 5.82 Å². The SMILES string of the molecule is C[C@@H](NC(=O)[C@H]1Cc2ccccc2S1)c1nnc2n1CCCCC2. The molecule has 0 bridgehead atoms. The number of aromatic nitrogens is 3. The molecule has 5 nitrogen and oxygen atoms in total. The van der Waals surface area contributed by atoms with Crippen LogP contribution in [0.4, 0.5) is 0 Å². The van der Waals surface area contributed by atoms with Crippen LogP contribution in [0.3, 0.4) is 0 Å². The molecule has 0 fully saturated rings. The average molecular weight is 342 g/mol. The number of aryl methyl sites for hydroxylation is 1. The Labute approximate surface area is 146 Å². The number of carbonyl (C=O) groups excluding carboxylic acids is 1. The molecule has 0 saturated carbocycles. The van der Waals surface area contributed by atoms with Crippen LogP contribution in [0.2, 0.25) is 0 Å². The molecule has 2 aliphatic heterocycles. The molecule has 1 amide bonds. The summed E-state index contributed by atoms with van der Waals surface area (Å²) >= 11 is 1.66. The summed E-state index contributed by atoms with van der Waals surface area (Å²) in [6, 6.07) is 8.15. The molecule has 0 saturated heterocycles. The molecule has 0 aliphatic carbocycles. The lowest BCUT2D eigenvalue weighted by molar-refractivity contribution is -0.121. The van der Waals surface area contributed by atoms with Crippen molar-refractivity contribution in [2.45, 2.75) is 61.8 Å². The number of nitrogens with zero attached hydrogens (tertiary/aromatic N) is 3. The van der Waals surface area contributed by atoms with Crippen molar-refractivity contribution in [3.8, 4) is 0 Å². The van der Waals surface area contributed by atoms with Gasteiger partial charge in [-0.25, -0.2) is 0 Å². The lowest BCUT2D eigenvalue weighted by Crippen LogP contribution is -2.35. The minimum atomic E-state index is -0.110. The van der Waals surface area contributed by atoms with Gasteiger partial charge in [-0.2, -0.15) is 0 Å². The van der Waals surface area contributed by atoms with Crippen LogP contribution < -0.4 is 5.32 Å². The Morgan fingerprint density at radius 1 is 1.29 bits per heavy atom.